The number of nitrogens with two attached hydrogens (primary N) is 1. The first-order valence-corrected chi connectivity index (χ1v) is 7.24. The zero-order chi connectivity index (χ0) is 14.7. The number of hydrogen-bond acceptors (Lipinski definition) is 4. The van der Waals surface area contributed by atoms with Crippen molar-refractivity contribution in [2.75, 3.05) is 18.5 Å². The number of aryl methyl sites for hydroxylation is 2. The van der Waals surface area contributed by atoms with Gasteiger partial charge in [0.1, 0.15) is 5.82 Å². The van der Waals surface area contributed by atoms with Gasteiger partial charge in [0.2, 0.25) is 0 Å². The van der Waals surface area contributed by atoms with Gasteiger partial charge in [-0.3, -0.25) is 0 Å². The molecule has 1 heterocycles. The van der Waals surface area contributed by atoms with Gasteiger partial charge in [0, 0.05) is 19.3 Å². The lowest BCUT2D eigenvalue weighted by Gasteiger charge is -2.25. The Morgan fingerprint density at radius 2 is 2.15 bits per heavy atom. The first-order chi connectivity index (χ1) is 9.52. The van der Waals surface area contributed by atoms with Gasteiger partial charge in [0.15, 0.2) is 5.84 Å². The average molecular weight is 276 g/mol. The lowest BCUT2D eigenvalue weighted by atomic mass is 9.94. The van der Waals surface area contributed by atoms with Gasteiger partial charge in [-0.1, -0.05) is 19.0 Å². The number of anilines is 1. The Morgan fingerprint density at radius 3 is 2.80 bits per heavy atom. The number of amidine groups is 1. The third-order valence-electron chi connectivity index (χ3n) is 3.66. The lowest BCUT2D eigenvalue weighted by molar-refractivity contribution is 0.318. The van der Waals surface area contributed by atoms with Gasteiger partial charge in [-0.05, 0) is 43.2 Å². The van der Waals surface area contributed by atoms with Crippen molar-refractivity contribution >= 4 is 11.7 Å². The second-order valence-electron chi connectivity index (χ2n) is 5.93. The second kappa shape index (κ2) is 6.11. The van der Waals surface area contributed by atoms with Gasteiger partial charge in [0.05, 0.1) is 5.56 Å². The molecule has 0 aromatic carbocycles. The Kier molecular flexibility index (Phi) is 4.47. The van der Waals surface area contributed by atoms with Crippen molar-refractivity contribution in [3.63, 3.8) is 0 Å². The van der Waals surface area contributed by atoms with Crippen molar-refractivity contribution in [3.8, 4) is 0 Å². The number of fused-ring (bicyclic) bond motifs is 1. The van der Waals surface area contributed by atoms with E-state index in [0.29, 0.717) is 5.92 Å². The maximum Gasteiger partial charge on any atom is 0.173 e. The van der Waals surface area contributed by atoms with Crippen molar-refractivity contribution in [1.82, 2.24) is 4.98 Å². The van der Waals surface area contributed by atoms with Crippen molar-refractivity contribution in [2.24, 2.45) is 16.8 Å². The highest BCUT2D eigenvalue weighted by molar-refractivity contribution is 6.01. The molecule has 0 aliphatic heterocycles. The molecule has 0 fully saturated rings. The van der Waals surface area contributed by atoms with E-state index in [0.717, 1.165) is 36.5 Å². The van der Waals surface area contributed by atoms with Crippen molar-refractivity contribution in [2.45, 2.75) is 39.5 Å². The standard InChI is InChI=1S/C15H24N4O/c1-10(2)9-19(3)15-12(14(16)18-20)8-11-6-4-5-7-13(11)17-15/h8,10,20H,4-7,9H2,1-3H3,(H2,16,18). The van der Waals surface area contributed by atoms with E-state index in [4.69, 9.17) is 15.9 Å². The number of aromatic nitrogens is 1. The van der Waals surface area contributed by atoms with Crippen LogP contribution in [-0.2, 0) is 12.8 Å². The second-order valence-corrected chi connectivity index (χ2v) is 5.93. The van der Waals surface area contributed by atoms with Crippen molar-refractivity contribution in [3.05, 3.63) is 22.9 Å². The fourth-order valence-electron chi connectivity index (χ4n) is 2.79. The summed E-state index contributed by atoms with van der Waals surface area (Å²) in [6.45, 7) is 5.22. The predicted octanol–water partition coefficient (Wildman–Crippen LogP) is 2.15. The van der Waals surface area contributed by atoms with Crippen LogP contribution in [0.25, 0.3) is 0 Å². The van der Waals surface area contributed by atoms with Gasteiger partial charge in [-0.15, -0.1) is 0 Å². The van der Waals surface area contributed by atoms with Crippen LogP contribution in [0, 0.1) is 5.92 Å². The van der Waals surface area contributed by atoms with Gasteiger partial charge in [-0.25, -0.2) is 4.98 Å². The molecule has 5 nitrogen and oxygen atoms in total. The molecule has 0 saturated heterocycles. The van der Waals surface area contributed by atoms with E-state index >= 15 is 0 Å². The van der Waals surface area contributed by atoms with Crippen LogP contribution in [0.2, 0.25) is 0 Å². The van der Waals surface area contributed by atoms with Crippen LogP contribution < -0.4 is 10.6 Å². The topological polar surface area (TPSA) is 74.7 Å². The van der Waals surface area contributed by atoms with Crippen LogP contribution in [0.1, 0.15) is 43.5 Å². The summed E-state index contributed by atoms with van der Waals surface area (Å²) >= 11 is 0. The fraction of sp³-hybridized carbons (Fsp3) is 0.600. The molecule has 1 aliphatic carbocycles. The largest absolute Gasteiger partial charge is 0.409 e. The van der Waals surface area contributed by atoms with Crippen LogP contribution in [0.5, 0.6) is 0 Å². The van der Waals surface area contributed by atoms with Crippen LogP contribution in [0.15, 0.2) is 11.2 Å². The van der Waals surface area contributed by atoms with E-state index in [9.17, 15) is 0 Å². The van der Waals surface area contributed by atoms with Gasteiger partial charge < -0.3 is 15.8 Å². The summed E-state index contributed by atoms with van der Waals surface area (Å²) in [7, 11) is 2.01. The third-order valence-corrected chi connectivity index (χ3v) is 3.66. The molecule has 3 N–H and O–H groups in total. The van der Waals surface area contributed by atoms with Crippen molar-refractivity contribution < 1.29 is 5.21 Å². The molecule has 0 atom stereocenters. The molecular formula is C15H24N4O. The lowest BCUT2D eigenvalue weighted by Crippen LogP contribution is -2.28. The monoisotopic (exact) mass is 276 g/mol. The molecule has 1 aliphatic rings. The summed E-state index contributed by atoms with van der Waals surface area (Å²) < 4.78 is 0. The first kappa shape index (κ1) is 14.6. The minimum absolute atomic E-state index is 0.136. The van der Waals surface area contributed by atoms with E-state index in [1.165, 1.54) is 18.4 Å². The van der Waals surface area contributed by atoms with Crippen molar-refractivity contribution in [1.29, 1.82) is 0 Å². The van der Waals surface area contributed by atoms with Crippen LogP contribution in [-0.4, -0.2) is 29.6 Å². The van der Waals surface area contributed by atoms with E-state index in [1.54, 1.807) is 0 Å². The molecule has 0 radical (unpaired) electrons. The number of oxime groups is 1. The van der Waals surface area contributed by atoms with E-state index in [2.05, 4.69) is 23.9 Å². The maximum atomic E-state index is 9.00. The molecule has 20 heavy (non-hydrogen) atoms. The third kappa shape index (κ3) is 3.03. The molecule has 0 saturated carbocycles. The molecule has 5 heteroatoms. The average Bonchev–Trinajstić information content (AvgIpc) is 2.44. The highest BCUT2D eigenvalue weighted by Crippen LogP contribution is 2.26. The smallest absolute Gasteiger partial charge is 0.173 e. The molecule has 1 aromatic heterocycles. The molecule has 0 unspecified atom stereocenters. The van der Waals surface area contributed by atoms with E-state index in [1.807, 2.05) is 13.1 Å². The summed E-state index contributed by atoms with van der Waals surface area (Å²) in [5.74, 6) is 1.48. The van der Waals surface area contributed by atoms with Gasteiger partial charge in [0.25, 0.3) is 0 Å². The number of rotatable bonds is 4. The summed E-state index contributed by atoms with van der Waals surface area (Å²) in [6.07, 6.45) is 4.43. The molecular weight excluding hydrogens is 252 g/mol. The zero-order valence-corrected chi connectivity index (χ0v) is 12.6. The molecule has 110 valence electrons. The molecule has 2 rings (SSSR count). The van der Waals surface area contributed by atoms with E-state index < -0.39 is 0 Å². The van der Waals surface area contributed by atoms with Crippen LogP contribution >= 0.6 is 0 Å². The Labute approximate surface area is 120 Å². The van der Waals surface area contributed by atoms with Crippen LogP contribution in [0.4, 0.5) is 5.82 Å². The Balaban J connectivity index is 2.46. The minimum atomic E-state index is 0.136. The SMILES string of the molecule is CC(C)CN(C)c1nc2c(cc1C(N)=NO)CCCC2. The highest BCUT2D eigenvalue weighted by Gasteiger charge is 2.19. The summed E-state index contributed by atoms with van der Waals surface area (Å²) in [5, 5.41) is 12.2. The zero-order valence-electron chi connectivity index (χ0n) is 12.6. The number of nitrogens with zero attached hydrogens (tertiary/aromatic N) is 3. The summed E-state index contributed by atoms with van der Waals surface area (Å²) in [5.41, 5.74) is 8.96. The molecule has 0 bridgehead atoms. The Hall–Kier alpha value is -1.78. The normalized spacial score (nSPS) is 15.3. The minimum Gasteiger partial charge on any atom is -0.409 e. The quantitative estimate of drug-likeness (QED) is 0.382. The Morgan fingerprint density at radius 1 is 1.45 bits per heavy atom. The fourth-order valence-corrected chi connectivity index (χ4v) is 2.79. The van der Waals surface area contributed by atoms with Gasteiger partial charge in [-0.2, -0.15) is 0 Å². The number of hydrogen-bond donors (Lipinski definition) is 2. The maximum absolute atomic E-state index is 9.00. The van der Waals surface area contributed by atoms with Gasteiger partial charge >= 0.3 is 0 Å². The van der Waals surface area contributed by atoms with Crippen LogP contribution in [0.3, 0.4) is 0 Å². The summed E-state index contributed by atoms with van der Waals surface area (Å²) in [6, 6.07) is 2.04. The number of pyridine rings is 1. The molecule has 0 amide bonds. The molecule has 1 aromatic rings. The predicted molar refractivity (Wildman–Crippen MR) is 81.5 cm³/mol. The molecule has 0 spiro atoms. The summed E-state index contributed by atoms with van der Waals surface area (Å²) in [4.78, 5) is 6.88. The van der Waals surface area contributed by atoms with E-state index in [-0.39, 0.29) is 5.84 Å². The first-order valence-electron chi connectivity index (χ1n) is 7.24. The highest BCUT2D eigenvalue weighted by atomic mass is 16.4. The Bertz CT molecular complexity index is 511.